The van der Waals surface area contributed by atoms with E-state index in [1.807, 2.05) is 0 Å². The molecule has 0 radical (unpaired) electrons. The molecular weight excluding hydrogens is 250 g/mol. The molecule has 1 unspecified atom stereocenters. The molecule has 0 aliphatic carbocycles. The summed E-state index contributed by atoms with van der Waals surface area (Å²) in [5, 5.41) is 11.6. The van der Waals surface area contributed by atoms with Crippen LogP contribution in [0.15, 0.2) is 0 Å². The molecule has 7 heteroatoms. The fourth-order valence-corrected chi connectivity index (χ4v) is 2.44. The van der Waals surface area contributed by atoms with Gasteiger partial charge in [0.15, 0.2) is 0 Å². The van der Waals surface area contributed by atoms with Crippen molar-refractivity contribution in [3.05, 3.63) is 0 Å². The Labute approximate surface area is 111 Å². The summed E-state index contributed by atoms with van der Waals surface area (Å²) < 4.78 is 0. The molecule has 1 atom stereocenters. The molecule has 3 amide bonds. The molecule has 106 valence electrons. The van der Waals surface area contributed by atoms with E-state index in [0.29, 0.717) is 32.5 Å². The predicted molar refractivity (Wildman–Crippen MR) is 66.0 cm³/mol. The van der Waals surface area contributed by atoms with Crippen LogP contribution in [0.25, 0.3) is 0 Å². The van der Waals surface area contributed by atoms with E-state index in [-0.39, 0.29) is 31.0 Å². The van der Waals surface area contributed by atoms with Gasteiger partial charge in [-0.25, -0.2) is 0 Å². The van der Waals surface area contributed by atoms with E-state index in [1.54, 1.807) is 4.90 Å². The predicted octanol–water partition coefficient (Wildman–Crippen LogP) is -1.68. The van der Waals surface area contributed by atoms with Crippen LogP contribution >= 0.6 is 0 Å². The smallest absolute Gasteiger partial charge is 0.246 e. The largest absolute Gasteiger partial charge is 0.392 e. The number of imide groups is 1. The van der Waals surface area contributed by atoms with Crippen molar-refractivity contribution in [3.8, 4) is 0 Å². The highest BCUT2D eigenvalue weighted by Crippen LogP contribution is 2.09. The minimum atomic E-state index is -0.444. The molecule has 2 aliphatic heterocycles. The van der Waals surface area contributed by atoms with Gasteiger partial charge in [-0.1, -0.05) is 0 Å². The Morgan fingerprint density at radius 1 is 1.26 bits per heavy atom. The highest BCUT2D eigenvalue weighted by molar-refractivity contribution is 5.98. The number of hydrogen-bond donors (Lipinski definition) is 2. The highest BCUT2D eigenvalue weighted by Gasteiger charge is 2.25. The lowest BCUT2D eigenvalue weighted by atomic mass is 10.3. The average molecular weight is 269 g/mol. The number of nitrogens with zero attached hydrogens (tertiary/aromatic N) is 2. The van der Waals surface area contributed by atoms with E-state index in [1.165, 1.54) is 4.90 Å². The lowest BCUT2D eigenvalue weighted by Crippen LogP contribution is -2.44. The Morgan fingerprint density at radius 3 is 2.58 bits per heavy atom. The van der Waals surface area contributed by atoms with Crippen molar-refractivity contribution in [2.24, 2.45) is 0 Å². The van der Waals surface area contributed by atoms with Crippen LogP contribution in [0.3, 0.4) is 0 Å². The summed E-state index contributed by atoms with van der Waals surface area (Å²) in [6.45, 7) is 1.77. The third-order valence-electron chi connectivity index (χ3n) is 3.40. The van der Waals surface area contributed by atoms with Gasteiger partial charge in [0.05, 0.1) is 19.2 Å². The molecule has 19 heavy (non-hydrogen) atoms. The molecule has 0 aromatic carbocycles. The number of aliphatic hydroxyl groups excluding tert-OH is 1. The summed E-state index contributed by atoms with van der Waals surface area (Å²) in [4.78, 5) is 37.8. The van der Waals surface area contributed by atoms with Crippen molar-refractivity contribution in [1.82, 2.24) is 15.1 Å². The number of rotatable bonds is 4. The molecule has 0 spiro atoms. The number of carbonyl (C=O) groups excluding carboxylic acids is 3. The number of amides is 3. The molecule has 0 aromatic rings. The van der Waals surface area contributed by atoms with Crippen molar-refractivity contribution < 1.29 is 19.5 Å². The van der Waals surface area contributed by atoms with Gasteiger partial charge >= 0.3 is 0 Å². The number of hydrogen-bond acceptors (Lipinski definition) is 5. The van der Waals surface area contributed by atoms with Crippen LogP contribution < -0.4 is 5.32 Å². The zero-order valence-electron chi connectivity index (χ0n) is 10.8. The first-order valence-electron chi connectivity index (χ1n) is 6.55. The maximum atomic E-state index is 11.6. The van der Waals surface area contributed by atoms with Gasteiger partial charge in [-0.05, 0) is 12.8 Å². The first-order valence-corrected chi connectivity index (χ1v) is 6.55. The zero-order chi connectivity index (χ0) is 13.8. The molecule has 2 aliphatic rings. The number of nitrogens with one attached hydrogen (secondary N) is 1. The summed E-state index contributed by atoms with van der Waals surface area (Å²) >= 11 is 0. The summed E-state index contributed by atoms with van der Waals surface area (Å²) in [5.74, 6) is -0.865. The molecule has 7 nitrogen and oxygen atoms in total. The summed E-state index contributed by atoms with van der Waals surface area (Å²) in [6, 6.07) is 0. The van der Waals surface area contributed by atoms with Gasteiger partial charge in [0.25, 0.3) is 0 Å². The van der Waals surface area contributed by atoms with E-state index in [9.17, 15) is 19.5 Å². The summed E-state index contributed by atoms with van der Waals surface area (Å²) in [7, 11) is 0. The van der Waals surface area contributed by atoms with Crippen molar-refractivity contribution in [2.75, 3.05) is 32.7 Å². The van der Waals surface area contributed by atoms with Crippen LogP contribution in [0.1, 0.15) is 19.3 Å². The molecule has 0 aromatic heterocycles. The van der Waals surface area contributed by atoms with Gasteiger partial charge in [-0.15, -0.1) is 0 Å². The maximum Gasteiger partial charge on any atom is 0.246 e. The fraction of sp³-hybridized carbons (Fsp3) is 0.750. The van der Waals surface area contributed by atoms with Crippen molar-refractivity contribution in [2.45, 2.75) is 25.4 Å². The van der Waals surface area contributed by atoms with Crippen LogP contribution in [0, 0.1) is 0 Å². The zero-order valence-corrected chi connectivity index (χ0v) is 10.8. The van der Waals surface area contributed by atoms with E-state index in [2.05, 4.69) is 5.32 Å². The topological polar surface area (TPSA) is 90.0 Å². The first-order chi connectivity index (χ1) is 9.04. The van der Waals surface area contributed by atoms with Gasteiger partial charge in [0, 0.05) is 26.1 Å². The molecule has 2 rings (SSSR count). The van der Waals surface area contributed by atoms with Crippen LogP contribution in [0.2, 0.25) is 0 Å². The number of β-amino-alcohol motifs (C(OH)–C–C–N with tert-alkyl or cyclic N) is 1. The van der Waals surface area contributed by atoms with E-state index in [4.69, 9.17) is 0 Å². The Kier molecular flexibility index (Phi) is 4.49. The van der Waals surface area contributed by atoms with Gasteiger partial charge in [0.1, 0.15) is 0 Å². The van der Waals surface area contributed by atoms with Crippen LogP contribution in [0.5, 0.6) is 0 Å². The SMILES string of the molecule is O=C(CN1CCC(O)C1)NC(=O)CN1CCCC1=O. The molecule has 0 bridgehead atoms. The lowest BCUT2D eigenvalue weighted by molar-refractivity contribution is -0.136. The summed E-state index contributed by atoms with van der Waals surface area (Å²) in [6.07, 6.45) is 1.52. The van der Waals surface area contributed by atoms with Crippen LogP contribution in [-0.4, -0.2) is 71.5 Å². The minimum Gasteiger partial charge on any atom is -0.392 e. The number of carbonyl (C=O) groups is 3. The number of likely N-dealkylation sites (tertiary alicyclic amines) is 2. The third-order valence-corrected chi connectivity index (χ3v) is 3.40. The molecule has 2 fully saturated rings. The van der Waals surface area contributed by atoms with E-state index >= 15 is 0 Å². The quantitative estimate of drug-likeness (QED) is 0.636. The van der Waals surface area contributed by atoms with E-state index < -0.39 is 5.91 Å². The maximum absolute atomic E-state index is 11.6. The summed E-state index contributed by atoms with van der Waals surface area (Å²) in [5.41, 5.74) is 0. The van der Waals surface area contributed by atoms with Crippen LogP contribution in [0.4, 0.5) is 0 Å². The average Bonchev–Trinajstić information content (AvgIpc) is 2.89. The molecule has 0 saturated carbocycles. The van der Waals surface area contributed by atoms with Crippen molar-refractivity contribution >= 4 is 17.7 Å². The van der Waals surface area contributed by atoms with Crippen molar-refractivity contribution in [1.29, 1.82) is 0 Å². The molecule has 2 N–H and O–H groups in total. The minimum absolute atomic E-state index is 0.0368. The second-order valence-corrected chi connectivity index (χ2v) is 5.07. The fourth-order valence-electron chi connectivity index (χ4n) is 2.44. The number of aliphatic hydroxyl groups is 1. The normalized spacial score (nSPS) is 23.9. The Morgan fingerprint density at radius 2 is 2.00 bits per heavy atom. The van der Waals surface area contributed by atoms with Gasteiger partial charge in [-0.3, -0.25) is 24.6 Å². The van der Waals surface area contributed by atoms with Crippen molar-refractivity contribution in [3.63, 3.8) is 0 Å². The Bertz CT molecular complexity index is 385. The van der Waals surface area contributed by atoms with Gasteiger partial charge in [0.2, 0.25) is 17.7 Å². The molecule has 2 saturated heterocycles. The second-order valence-electron chi connectivity index (χ2n) is 5.07. The standard InChI is InChI=1S/C12H19N3O4/c16-9-3-5-14(6-9)7-10(17)13-11(18)8-15-4-1-2-12(15)19/h9,16H,1-8H2,(H,13,17,18). The van der Waals surface area contributed by atoms with E-state index in [0.717, 1.165) is 6.42 Å². The Hall–Kier alpha value is -1.47. The molecular formula is C12H19N3O4. The molecule has 2 heterocycles. The first kappa shape index (κ1) is 14.0. The van der Waals surface area contributed by atoms with Gasteiger partial charge < -0.3 is 10.0 Å². The second kappa shape index (κ2) is 6.12. The Balaban J connectivity index is 1.69. The lowest BCUT2D eigenvalue weighted by Gasteiger charge is -2.16. The third kappa shape index (κ3) is 4.00. The highest BCUT2D eigenvalue weighted by atomic mass is 16.3. The monoisotopic (exact) mass is 269 g/mol. The van der Waals surface area contributed by atoms with Crippen LogP contribution in [-0.2, 0) is 14.4 Å². The van der Waals surface area contributed by atoms with Gasteiger partial charge in [-0.2, -0.15) is 0 Å².